The number of benzene rings is 1. The van der Waals surface area contributed by atoms with Crippen molar-refractivity contribution in [1.29, 1.82) is 0 Å². The summed E-state index contributed by atoms with van der Waals surface area (Å²) < 4.78 is 5.27. The highest BCUT2D eigenvalue weighted by molar-refractivity contribution is 6.09. The van der Waals surface area contributed by atoms with Crippen LogP contribution in [0.3, 0.4) is 0 Å². The molecule has 28 heavy (non-hydrogen) atoms. The number of urea groups is 1. The highest BCUT2D eigenvalue weighted by Crippen LogP contribution is 2.32. The van der Waals surface area contributed by atoms with E-state index in [2.05, 4.69) is 5.32 Å². The topological polar surface area (TPSA) is 79.0 Å². The Labute approximate surface area is 166 Å². The second-order valence-corrected chi connectivity index (χ2v) is 7.93. The molecule has 1 aliphatic heterocycles. The molecule has 1 aliphatic carbocycles. The molecule has 0 radical (unpaired) electrons. The van der Waals surface area contributed by atoms with Crippen LogP contribution in [0.2, 0.25) is 0 Å². The number of nitrogens with zero attached hydrogens (tertiary/aromatic N) is 2. The average Bonchev–Trinajstić information content (AvgIpc) is 2.92. The molecular formula is C21H29N3O4. The molecule has 2 aliphatic rings. The molecule has 0 spiro atoms. The van der Waals surface area contributed by atoms with E-state index in [0.717, 1.165) is 36.1 Å². The van der Waals surface area contributed by atoms with E-state index in [-0.39, 0.29) is 18.5 Å². The SMILES string of the molecule is COc1ccc(C2(C)NC(=O)N(CC(=O)N(C)C3CCCCC3)C2=O)cc1C. The highest BCUT2D eigenvalue weighted by Gasteiger charge is 2.49. The lowest BCUT2D eigenvalue weighted by Crippen LogP contribution is -2.46. The van der Waals surface area contributed by atoms with Crippen molar-refractivity contribution >= 4 is 17.8 Å². The number of rotatable bonds is 5. The van der Waals surface area contributed by atoms with Gasteiger partial charge in [0.15, 0.2) is 0 Å². The zero-order valence-corrected chi connectivity index (χ0v) is 17.1. The van der Waals surface area contributed by atoms with E-state index in [9.17, 15) is 14.4 Å². The van der Waals surface area contributed by atoms with Crippen molar-refractivity contribution in [3.63, 3.8) is 0 Å². The Morgan fingerprint density at radius 2 is 1.96 bits per heavy atom. The monoisotopic (exact) mass is 387 g/mol. The van der Waals surface area contributed by atoms with Gasteiger partial charge >= 0.3 is 6.03 Å². The first-order chi connectivity index (χ1) is 13.3. The average molecular weight is 387 g/mol. The van der Waals surface area contributed by atoms with Crippen molar-refractivity contribution < 1.29 is 19.1 Å². The van der Waals surface area contributed by atoms with Gasteiger partial charge in [-0.05, 0) is 49.9 Å². The van der Waals surface area contributed by atoms with Crippen molar-refractivity contribution in [3.05, 3.63) is 29.3 Å². The molecule has 1 saturated carbocycles. The maximum Gasteiger partial charge on any atom is 0.325 e. The molecule has 1 aromatic carbocycles. The number of aryl methyl sites for hydroxylation is 1. The first kappa shape index (κ1) is 20.2. The molecule has 2 fully saturated rings. The van der Waals surface area contributed by atoms with Gasteiger partial charge in [0.1, 0.15) is 17.8 Å². The highest BCUT2D eigenvalue weighted by atomic mass is 16.5. The number of likely N-dealkylation sites (N-methyl/N-ethyl adjacent to an activating group) is 1. The maximum atomic E-state index is 13.1. The number of amides is 4. The van der Waals surface area contributed by atoms with Gasteiger partial charge in [0.05, 0.1) is 7.11 Å². The molecule has 7 heteroatoms. The van der Waals surface area contributed by atoms with Crippen LogP contribution in [-0.2, 0) is 15.1 Å². The third-order valence-corrected chi connectivity index (χ3v) is 6.06. The summed E-state index contributed by atoms with van der Waals surface area (Å²) in [7, 11) is 3.35. The van der Waals surface area contributed by atoms with E-state index in [4.69, 9.17) is 4.74 Å². The van der Waals surface area contributed by atoms with Gasteiger partial charge < -0.3 is 15.0 Å². The zero-order chi connectivity index (χ0) is 20.5. The third-order valence-electron chi connectivity index (χ3n) is 6.06. The molecular weight excluding hydrogens is 358 g/mol. The van der Waals surface area contributed by atoms with Crippen LogP contribution < -0.4 is 10.1 Å². The second kappa shape index (κ2) is 7.81. The van der Waals surface area contributed by atoms with E-state index in [0.29, 0.717) is 11.3 Å². The lowest BCUT2D eigenvalue weighted by atomic mass is 9.90. The van der Waals surface area contributed by atoms with Gasteiger partial charge in [-0.2, -0.15) is 0 Å². The summed E-state index contributed by atoms with van der Waals surface area (Å²) in [4.78, 5) is 41.0. The summed E-state index contributed by atoms with van der Waals surface area (Å²) in [6, 6.07) is 5.03. The molecule has 1 unspecified atom stereocenters. The molecule has 152 valence electrons. The molecule has 1 saturated heterocycles. The van der Waals surface area contributed by atoms with E-state index >= 15 is 0 Å². The normalized spacial score (nSPS) is 22.9. The first-order valence-corrected chi connectivity index (χ1v) is 9.83. The second-order valence-electron chi connectivity index (χ2n) is 7.93. The van der Waals surface area contributed by atoms with Gasteiger partial charge in [-0.3, -0.25) is 14.5 Å². The summed E-state index contributed by atoms with van der Waals surface area (Å²) in [5.41, 5.74) is 0.340. The standard InChI is InChI=1S/C21H29N3O4/c1-14-12-15(10-11-17(14)28-4)21(2)19(26)24(20(27)22-21)13-18(25)23(3)16-8-6-5-7-9-16/h10-12,16H,5-9,13H2,1-4H3,(H,22,27). The summed E-state index contributed by atoms with van der Waals surface area (Å²) >= 11 is 0. The fourth-order valence-electron chi connectivity index (χ4n) is 4.14. The van der Waals surface area contributed by atoms with Crippen LogP contribution in [0, 0.1) is 6.92 Å². The molecule has 0 aromatic heterocycles. The van der Waals surface area contributed by atoms with Gasteiger partial charge in [0.2, 0.25) is 5.91 Å². The number of nitrogens with one attached hydrogen (secondary N) is 1. The zero-order valence-electron chi connectivity index (χ0n) is 17.1. The predicted molar refractivity (Wildman–Crippen MR) is 105 cm³/mol. The summed E-state index contributed by atoms with van der Waals surface area (Å²) in [5.74, 6) is 0.100. The van der Waals surface area contributed by atoms with Crippen LogP contribution in [0.4, 0.5) is 4.79 Å². The molecule has 1 aromatic rings. The van der Waals surface area contributed by atoms with Crippen molar-refractivity contribution in [2.45, 2.75) is 57.5 Å². The van der Waals surface area contributed by atoms with Crippen LogP contribution in [0.25, 0.3) is 0 Å². The van der Waals surface area contributed by atoms with Crippen molar-refractivity contribution in [2.75, 3.05) is 20.7 Å². The maximum absolute atomic E-state index is 13.1. The van der Waals surface area contributed by atoms with Crippen LogP contribution in [0.5, 0.6) is 5.75 Å². The first-order valence-electron chi connectivity index (χ1n) is 9.83. The summed E-state index contributed by atoms with van der Waals surface area (Å²) in [5, 5.41) is 2.76. The quantitative estimate of drug-likeness (QED) is 0.788. The van der Waals surface area contributed by atoms with Gasteiger partial charge in [-0.15, -0.1) is 0 Å². The fourth-order valence-corrected chi connectivity index (χ4v) is 4.14. The van der Waals surface area contributed by atoms with Crippen molar-refractivity contribution in [3.8, 4) is 5.75 Å². The molecule has 7 nitrogen and oxygen atoms in total. The fraction of sp³-hybridized carbons (Fsp3) is 0.571. The van der Waals surface area contributed by atoms with E-state index in [1.807, 2.05) is 13.0 Å². The van der Waals surface area contributed by atoms with Crippen LogP contribution in [0.1, 0.15) is 50.2 Å². The number of ether oxygens (including phenoxy) is 1. The molecule has 1 heterocycles. The Hall–Kier alpha value is -2.57. The number of imide groups is 1. The Morgan fingerprint density at radius 1 is 1.29 bits per heavy atom. The Bertz CT molecular complexity index is 788. The van der Waals surface area contributed by atoms with Crippen molar-refractivity contribution in [1.82, 2.24) is 15.1 Å². The lowest BCUT2D eigenvalue weighted by molar-refractivity contribution is -0.139. The van der Waals surface area contributed by atoms with E-state index < -0.39 is 17.5 Å². The van der Waals surface area contributed by atoms with Crippen LogP contribution >= 0.6 is 0 Å². The minimum Gasteiger partial charge on any atom is -0.496 e. The van der Waals surface area contributed by atoms with Crippen LogP contribution in [-0.4, -0.2) is 54.4 Å². The summed E-state index contributed by atoms with van der Waals surface area (Å²) in [6.07, 6.45) is 5.38. The summed E-state index contributed by atoms with van der Waals surface area (Å²) in [6.45, 7) is 3.32. The van der Waals surface area contributed by atoms with Gasteiger partial charge in [0.25, 0.3) is 5.91 Å². The molecule has 4 amide bonds. The molecule has 0 bridgehead atoms. The number of hydrogen-bond acceptors (Lipinski definition) is 4. The van der Waals surface area contributed by atoms with Gasteiger partial charge in [-0.25, -0.2) is 4.79 Å². The molecule has 1 atom stereocenters. The molecule has 1 N–H and O–H groups in total. The number of methoxy groups -OCH3 is 1. The minimum absolute atomic E-state index is 0.192. The van der Waals surface area contributed by atoms with Gasteiger partial charge in [-0.1, -0.05) is 25.3 Å². The smallest absolute Gasteiger partial charge is 0.325 e. The number of carbonyl (C=O) groups excluding carboxylic acids is 3. The van der Waals surface area contributed by atoms with E-state index in [1.165, 1.54) is 6.42 Å². The minimum atomic E-state index is -1.20. The molecule has 3 rings (SSSR count). The number of hydrogen-bond donors (Lipinski definition) is 1. The predicted octanol–water partition coefficient (Wildman–Crippen LogP) is 2.56. The van der Waals surface area contributed by atoms with Gasteiger partial charge in [0, 0.05) is 13.1 Å². The van der Waals surface area contributed by atoms with Crippen molar-refractivity contribution in [2.24, 2.45) is 0 Å². The van der Waals surface area contributed by atoms with E-state index in [1.54, 1.807) is 38.1 Å². The lowest BCUT2D eigenvalue weighted by Gasteiger charge is -2.32. The Morgan fingerprint density at radius 3 is 2.57 bits per heavy atom. The Kier molecular flexibility index (Phi) is 5.63. The van der Waals surface area contributed by atoms with Crippen LogP contribution in [0.15, 0.2) is 18.2 Å². The third kappa shape index (κ3) is 3.57. The Balaban J connectivity index is 1.75. The number of carbonyl (C=O) groups is 3. The largest absolute Gasteiger partial charge is 0.496 e.